The van der Waals surface area contributed by atoms with E-state index >= 15 is 0 Å². The normalized spacial score (nSPS) is 16.1. The van der Waals surface area contributed by atoms with Crippen molar-refractivity contribution in [3.63, 3.8) is 0 Å². The molecule has 4 rings (SSSR count). The molecule has 0 saturated carbocycles. The molecule has 2 amide bonds. The lowest BCUT2D eigenvalue weighted by atomic mass is 9.86. The van der Waals surface area contributed by atoms with Gasteiger partial charge in [0.15, 0.2) is 0 Å². The second kappa shape index (κ2) is 10.7. The highest BCUT2D eigenvalue weighted by molar-refractivity contribution is 8.00. The van der Waals surface area contributed by atoms with Crippen LogP contribution in [0.15, 0.2) is 48.5 Å². The molecule has 0 fully saturated rings. The zero-order valence-corrected chi connectivity index (χ0v) is 23.8. The molecule has 196 valence electrons. The number of fused-ring (bicyclic) bond motifs is 1. The number of aromatic nitrogens is 2. The van der Waals surface area contributed by atoms with E-state index in [9.17, 15) is 9.59 Å². The summed E-state index contributed by atoms with van der Waals surface area (Å²) in [5, 5.41) is 8.07. The van der Waals surface area contributed by atoms with Gasteiger partial charge in [-0.1, -0.05) is 71.0 Å². The molecule has 2 aromatic carbocycles. The number of hydrogen-bond donors (Lipinski definition) is 1. The Labute approximate surface area is 224 Å². The molecule has 0 aliphatic carbocycles. The molecule has 1 aliphatic heterocycles. The molecule has 1 N–H and O–H groups in total. The van der Waals surface area contributed by atoms with Gasteiger partial charge in [0.05, 0.1) is 22.4 Å². The Balaban J connectivity index is 1.99. The van der Waals surface area contributed by atoms with E-state index in [2.05, 4.69) is 65.1 Å². The van der Waals surface area contributed by atoms with Crippen molar-refractivity contribution in [3.8, 4) is 5.69 Å². The first-order valence-corrected chi connectivity index (χ1v) is 14.0. The van der Waals surface area contributed by atoms with Gasteiger partial charge >= 0.3 is 0 Å². The van der Waals surface area contributed by atoms with Gasteiger partial charge in [0.2, 0.25) is 11.8 Å². The molecule has 0 spiro atoms. The van der Waals surface area contributed by atoms with Crippen molar-refractivity contribution in [2.24, 2.45) is 5.92 Å². The average molecular weight is 519 g/mol. The SMILES string of the molecule is Cc1cccc(-n2nc(C(C)(C)C)c3c2N(CC(=O)NCC(C)C)C(=O)CS[C@@H]3c2ccccc2C)c1. The van der Waals surface area contributed by atoms with Gasteiger partial charge in [-0.3, -0.25) is 14.5 Å². The number of hydrogen-bond acceptors (Lipinski definition) is 4. The van der Waals surface area contributed by atoms with Crippen LogP contribution in [0.4, 0.5) is 5.82 Å². The van der Waals surface area contributed by atoms with Crippen LogP contribution in [0.3, 0.4) is 0 Å². The number of nitrogens with zero attached hydrogens (tertiary/aromatic N) is 3. The van der Waals surface area contributed by atoms with E-state index in [1.54, 1.807) is 16.7 Å². The maximum atomic E-state index is 13.7. The number of rotatable bonds is 6. The van der Waals surface area contributed by atoms with Crippen LogP contribution in [0, 0.1) is 19.8 Å². The van der Waals surface area contributed by atoms with Crippen LogP contribution < -0.4 is 10.2 Å². The fourth-order valence-corrected chi connectivity index (χ4v) is 5.95. The van der Waals surface area contributed by atoms with Gasteiger partial charge in [-0.25, -0.2) is 4.68 Å². The Morgan fingerprint density at radius 1 is 1.14 bits per heavy atom. The summed E-state index contributed by atoms with van der Waals surface area (Å²) in [4.78, 5) is 28.4. The fraction of sp³-hybridized carbons (Fsp3) is 0.433. The van der Waals surface area contributed by atoms with Crippen LogP contribution in [0.2, 0.25) is 0 Å². The van der Waals surface area contributed by atoms with Crippen LogP contribution in [-0.2, 0) is 15.0 Å². The molecular formula is C30H38N4O2S. The van der Waals surface area contributed by atoms with E-state index in [-0.39, 0.29) is 34.8 Å². The second-order valence-electron chi connectivity index (χ2n) is 11.3. The standard InChI is InChI=1S/C30H38N4O2S/c1-19(2)16-31-24(35)17-33-25(36)18-37-27(23-14-9-8-12-21(23)4)26-28(30(5,6)7)32-34(29(26)33)22-13-10-11-20(3)15-22/h8-15,19,27H,16-18H2,1-7H3,(H,31,35)/t27-/m1/s1. The van der Waals surface area contributed by atoms with Crippen LogP contribution >= 0.6 is 11.8 Å². The third-order valence-corrected chi connectivity index (χ3v) is 7.76. The molecule has 37 heavy (non-hydrogen) atoms. The van der Waals surface area contributed by atoms with Crippen LogP contribution in [0.1, 0.15) is 67.8 Å². The van der Waals surface area contributed by atoms with Gasteiger partial charge in [-0.15, -0.1) is 11.8 Å². The highest BCUT2D eigenvalue weighted by Gasteiger charge is 2.40. The van der Waals surface area contributed by atoms with E-state index in [0.29, 0.717) is 18.3 Å². The lowest BCUT2D eigenvalue weighted by Gasteiger charge is -2.25. The summed E-state index contributed by atoms with van der Waals surface area (Å²) < 4.78 is 1.88. The number of benzene rings is 2. The van der Waals surface area contributed by atoms with Gasteiger partial charge in [0, 0.05) is 17.5 Å². The molecule has 0 unspecified atom stereocenters. The lowest BCUT2D eigenvalue weighted by molar-refractivity contribution is -0.123. The number of anilines is 1. The Bertz CT molecular complexity index is 1310. The first-order chi connectivity index (χ1) is 17.5. The Morgan fingerprint density at radius 3 is 2.51 bits per heavy atom. The van der Waals surface area contributed by atoms with E-state index < -0.39 is 0 Å². The minimum absolute atomic E-state index is 0.0410. The van der Waals surface area contributed by atoms with Crippen molar-refractivity contribution in [2.45, 2.75) is 59.1 Å². The maximum absolute atomic E-state index is 13.7. The zero-order chi connectivity index (χ0) is 26.9. The van der Waals surface area contributed by atoms with E-state index in [1.807, 2.05) is 41.9 Å². The first-order valence-electron chi connectivity index (χ1n) is 12.9. The van der Waals surface area contributed by atoms with Crippen LogP contribution in [-0.4, -0.2) is 40.4 Å². The molecule has 0 bridgehead atoms. The van der Waals surface area contributed by atoms with Crippen molar-refractivity contribution in [3.05, 3.63) is 76.5 Å². The molecule has 7 heteroatoms. The summed E-state index contributed by atoms with van der Waals surface area (Å²) in [6.45, 7) is 15.3. The largest absolute Gasteiger partial charge is 0.354 e. The maximum Gasteiger partial charge on any atom is 0.240 e. The van der Waals surface area contributed by atoms with Gasteiger partial charge < -0.3 is 5.32 Å². The first kappa shape index (κ1) is 27.0. The average Bonchev–Trinajstić information content (AvgIpc) is 3.17. The van der Waals surface area contributed by atoms with Crippen molar-refractivity contribution < 1.29 is 9.59 Å². The van der Waals surface area contributed by atoms with Crippen LogP contribution in [0.25, 0.3) is 5.69 Å². The molecule has 0 radical (unpaired) electrons. The van der Waals surface area contributed by atoms with Crippen molar-refractivity contribution in [1.29, 1.82) is 0 Å². The van der Waals surface area contributed by atoms with Crippen molar-refractivity contribution in [2.75, 3.05) is 23.7 Å². The van der Waals surface area contributed by atoms with Crippen molar-refractivity contribution in [1.82, 2.24) is 15.1 Å². The third kappa shape index (κ3) is 5.77. The quantitative estimate of drug-likeness (QED) is 0.453. The molecule has 1 aliphatic rings. The Morgan fingerprint density at radius 2 is 1.86 bits per heavy atom. The summed E-state index contributed by atoms with van der Waals surface area (Å²) in [5.74, 6) is 1.05. The fourth-order valence-electron chi connectivity index (χ4n) is 4.66. The van der Waals surface area contributed by atoms with Gasteiger partial charge in [0.1, 0.15) is 12.4 Å². The summed E-state index contributed by atoms with van der Waals surface area (Å²) in [6.07, 6.45) is 0. The molecule has 2 heterocycles. The number of thioether (sulfide) groups is 1. The summed E-state index contributed by atoms with van der Waals surface area (Å²) in [5.41, 5.74) is 5.99. The highest BCUT2D eigenvalue weighted by Crippen LogP contribution is 2.49. The molecule has 1 atom stereocenters. The predicted octanol–water partition coefficient (Wildman–Crippen LogP) is 5.73. The lowest BCUT2D eigenvalue weighted by Crippen LogP contribution is -2.43. The smallest absolute Gasteiger partial charge is 0.240 e. The second-order valence-corrected chi connectivity index (χ2v) is 12.4. The molecular weight excluding hydrogens is 480 g/mol. The van der Waals surface area contributed by atoms with E-state index in [4.69, 9.17) is 5.10 Å². The Kier molecular flexibility index (Phi) is 7.83. The minimum Gasteiger partial charge on any atom is -0.354 e. The predicted molar refractivity (Wildman–Crippen MR) is 153 cm³/mol. The third-order valence-electron chi connectivity index (χ3n) is 6.53. The van der Waals surface area contributed by atoms with Crippen LogP contribution in [0.5, 0.6) is 0 Å². The van der Waals surface area contributed by atoms with Gasteiger partial charge in [-0.2, -0.15) is 5.10 Å². The van der Waals surface area contributed by atoms with E-state index in [1.165, 1.54) is 11.1 Å². The van der Waals surface area contributed by atoms with E-state index in [0.717, 1.165) is 22.5 Å². The van der Waals surface area contributed by atoms with Gasteiger partial charge in [0.25, 0.3) is 0 Å². The highest BCUT2D eigenvalue weighted by atomic mass is 32.2. The molecule has 1 aromatic heterocycles. The molecule has 3 aromatic rings. The zero-order valence-electron chi connectivity index (χ0n) is 23.0. The monoisotopic (exact) mass is 518 g/mol. The Hall–Kier alpha value is -3.06. The minimum atomic E-state index is -0.278. The van der Waals surface area contributed by atoms with Crippen molar-refractivity contribution >= 4 is 29.4 Å². The summed E-state index contributed by atoms with van der Waals surface area (Å²) >= 11 is 1.62. The summed E-state index contributed by atoms with van der Waals surface area (Å²) in [7, 11) is 0. The number of nitrogens with one attached hydrogen (secondary N) is 1. The number of carbonyl (C=O) groups is 2. The number of aryl methyl sites for hydroxylation is 2. The molecule has 6 nitrogen and oxygen atoms in total. The number of carbonyl (C=O) groups excluding carboxylic acids is 2. The van der Waals surface area contributed by atoms with Gasteiger partial charge in [-0.05, 0) is 48.6 Å². The number of amides is 2. The molecule has 0 saturated heterocycles. The topological polar surface area (TPSA) is 67.2 Å². The summed E-state index contributed by atoms with van der Waals surface area (Å²) in [6, 6.07) is 16.5.